The highest BCUT2D eigenvalue weighted by Crippen LogP contribution is 2.46. The first kappa shape index (κ1) is 28.0. The molecule has 0 saturated heterocycles. The van der Waals surface area contributed by atoms with E-state index in [1.54, 1.807) is 0 Å². The Bertz CT molecular complexity index is 2800. The fourth-order valence-electron chi connectivity index (χ4n) is 7.77. The highest BCUT2D eigenvalue weighted by Gasteiger charge is 2.18. The predicted molar refractivity (Wildman–Crippen MR) is 214 cm³/mol. The molecule has 0 bridgehead atoms. The fraction of sp³-hybridized carbons (Fsp3) is 0. The molecule has 49 heavy (non-hydrogen) atoms. The van der Waals surface area contributed by atoms with E-state index in [4.69, 9.17) is 0 Å². The van der Waals surface area contributed by atoms with Gasteiger partial charge in [0.05, 0.1) is 0 Å². The number of hydrogen-bond acceptors (Lipinski definition) is 1. The Morgan fingerprint density at radius 1 is 0.265 bits per heavy atom. The highest BCUT2D eigenvalue weighted by atomic mass is 32.1. The van der Waals surface area contributed by atoms with Crippen molar-refractivity contribution in [2.24, 2.45) is 0 Å². The molecule has 1 heterocycles. The van der Waals surface area contributed by atoms with E-state index in [-0.39, 0.29) is 0 Å². The van der Waals surface area contributed by atoms with Crippen molar-refractivity contribution in [3.8, 4) is 44.5 Å². The first-order valence-electron chi connectivity index (χ1n) is 16.8. The maximum Gasteiger partial charge on any atom is 0.0355 e. The molecule has 0 amide bonds. The molecule has 0 aliphatic rings. The molecule has 0 N–H and O–H groups in total. The summed E-state index contributed by atoms with van der Waals surface area (Å²) in [6.07, 6.45) is 0. The van der Waals surface area contributed by atoms with Crippen LogP contribution < -0.4 is 0 Å². The van der Waals surface area contributed by atoms with Gasteiger partial charge in [-0.05, 0) is 101 Å². The summed E-state index contributed by atoms with van der Waals surface area (Å²) in [4.78, 5) is 0. The average Bonchev–Trinajstić information content (AvgIpc) is 3.55. The summed E-state index contributed by atoms with van der Waals surface area (Å²) >= 11 is 1.87. The molecule has 0 fully saturated rings. The Morgan fingerprint density at radius 2 is 0.776 bits per heavy atom. The Kier molecular flexibility index (Phi) is 6.47. The van der Waals surface area contributed by atoms with Gasteiger partial charge >= 0.3 is 0 Å². The molecule has 0 aliphatic heterocycles. The van der Waals surface area contributed by atoms with Crippen molar-refractivity contribution in [1.82, 2.24) is 0 Å². The van der Waals surface area contributed by atoms with Crippen LogP contribution in [0.15, 0.2) is 182 Å². The van der Waals surface area contributed by atoms with Crippen LogP contribution in [0.25, 0.3) is 97.0 Å². The van der Waals surface area contributed by atoms with E-state index in [1.807, 2.05) is 11.3 Å². The molecule has 1 heteroatoms. The Balaban J connectivity index is 1.16. The molecule has 0 radical (unpaired) electrons. The normalized spacial score (nSPS) is 11.7. The number of fused-ring (bicyclic) bond motifs is 6. The van der Waals surface area contributed by atoms with Gasteiger partial charge in [0.2, 0.25) is 0 Å². The topological polar surface area (TPSA) is 0 Å². The number of rotatable bonds is 4. The van der Waals surface area contributed by atoms with Gasteiger partial charge in [-0.2, -0.15) is 0 Å². The van der Waals surface area contributed by atoms with Gasteiger partial charge in [-0.1, -0.05) is 158 Å². The van der Waals surface area contributed by atoms with Gasteiger partial charge in [0.15, 0.2) is 0 Å². The van der Waals surface area contributed by atoms with E-state index in [0.717, 1.165) is 0 Å². The fourth-order valence-corrected chi connectivity index (χ4v) is 8.85. The lowest BCUT2D eigenvalue weighted by molar-refractivity contribution is 1.63. The van der Waals surface area contributed by atoms with Gasteiger partial charge < -0.3 is 0 Å². The van der Waals surface area contributed by atoms with Crippen LogP contribution in [0.5, 0.6) is 0 Å². The number of benzene rings is 9. The van der Waals surface area contributed by atoms with E-state index in [0.29, 0.717) is 0 Å². The van der Waals surface area contributed by atoms with E-state index in [2.05, 4.69) is 182 Å². The first-order chi connectivity index (χ1) is 24.3. The molecule has 1 aromatic heterocycles. The van der Waals surface area contributed by atoms with Crippen molar-refractivity contribution in [2.45, 2.75) is 0 Å². The summed E-state index contributed by atoms with van der Waals surface area (Å²) in [6.45, 7) is 0. The molecular formula is C48H30S. The van der Waals surface area contributed by atoms with Crippen LogP contribution in [0.2, 0.25) is 0 Å². The average molecular weight is 639 g/mol. The van der Waals surface area contributed by atoms with Crippen LogP contribution in [0.4, 0.5) is 0 Å². The zero-order valence-electron chi connectivity index (χ0n) is 26.7. The molecular weight excluding hydrogens is 609 g/mol. The van der Waals surface area contributed by atoms with Crippen molar-refractivity contribution < 1.29 is 0 Å². The molecule has 10 aromatic rings. The third-order valence-electron chi connectivity index (χ3n) is 10.1. The molecule has 228 valence electrons. The minimum atomic E-state index is 1.23. The van der Waals surface area contributed by atoms with Crippen molar-refractivity contribution in [3.05, 3.63) is 182 Å². The van der Waals surface area contributed by atoms with Crippen LogP contribution in [0.3, 0.4) is 0 Å². The van der Waals surface area contributed by atoms with Gasteiger partial charge in [0, 0.05) is 20.2 Å². The number of thiophene rings is 1. The molecule has 0 unspecified atom stereocenters. The summed E-state index contributed by atoms with van der Waals surface area (Å²) in [5, 5.41) is 10.3. The van der Waals surface area contributed by atoms with Crippen LogP contribution in [-0.4, -0.2) is 0 Å². The SMILES string of the molecule is c1ccc(-c2ccc3cccc(-c4c5ccccc5c(-c5ccc(-c6ccc7sc8ccccc8c7c6)cc5)c5ccccc45)c3c2)cc1. The van der Waals surface area contributed by atoms with E-state index >= 15 is 0 Å². The van der Waals surface area contributed by atoms with E-state index in [1.165, 1.54) is 97.0 Å². The molecule has 0 spiro atoms. The highest BCUT2D eigenvalue weighted by molar-refractivity contribution is 7.25. The molecule has 9 aromatic carbocycles. The monoisotopic (exact) mass is 638 g/mol. The van der Waals surface area contributed by atoms with E-state index < -0.39 is 0 Å². The lowest BCUT2D eigenvalue weighted by Crippen LogP contribution is -1.92. The Morgan fingerprint density at radius 3 is 1.49 bits per heavy atom. The minimum absolute atomic E-state index is 1.23. The van der Waals surface area contributed by atoms with Crippen LogP contribution in [0.1, 0.15) is 0 Å². The second-order valence-corrected chi connectivity index (χ2v) is 13.9. The summed E-state index contributed by atoms with van der Waals surface area (Å²) < 4.78 is 2.68. The Labute approximate surface area is 289 Å². The van der Waals surface area contributed by atoms with Crippen LogP contribution in [-0.2, 0) is 0 Å². The quantitative estimate of drug-likeness (QED) is 0.168. The summed E-state index contributed by atoms with van der Waals surface area (Å²) in [5.41, 5.74) is 10.0. The maximum absolute atomic E-state index is 2.37. The summed E-state index contributed by atoms with van der Waals surface area (Å²) in [7, 11) is 0. The van der Waals surface area contributed by atoms with Crippen molar-refractivity contribution >= 4 is 63.8 Å². The smallest absolute Gasteiger partial charge is 0.0355 e. The zero-order valence-corrected chi connectivity index (χ0v) is 27.5. The summed E-state index contributed by atoms with van der Waals surface area (Å²) in [5.74, 6) is 0. The van der Waals surface area contributed by atoms with Gasteiger partial charge in [-0.15, -0.1) is 11.3 Å². The molecule has 0 aliphatic carbocycles. The lowest BCUT2D eigenvalue weighted by atomic mass is 9.84. The zero-order chi connectivity index (χ0) is 32.3. The van der Waals surface area contributed by atoms with Gasteiger partial charge in [0.1, 0.15) is 0 Å². The minimum Gasteiger partial charge on any atom is -0.135 e. The molecule has 10 rings (SSSR count). The largest absolute Gasteiger partial charge is 0.135 e. The summed E-state index contributed by atoms with van der Waals surface area (Å²) in [6, 6.07) is 67.0. The second kappa shape index (κ2) is 11.3. The van der Waals surface area contributed by atoms with Crippen molar-refractivity contribution in [3.63, 3.8) is 0 Å². The van der Waals surface area contributed by atoms with Gasteiger partial charge in [-0.3, -0.25) is 0 Å². The third kappa shape index (κ3) is 4.58. The van der Waals surface area contributed by atoms with Crippen molar-refractivity contribution in [1.29, 1.82) is 0 Å². The number of hydrogen-bond donors (Lipinski definition) is 0. The second-order valence-electron chi connectivity index (χ2n) is 12.8. The van der Waals surface area contributed by atoms with Gasteiger partial charge in [0.25, 0.3) is 0 Å². The lowest BCUT2D eigenvalue weighted by Gasteiger charge is -2.19. The Hall–Kier alpha value is -6.02. The third-order valence-corrected chi connectivity index (χ3v) is 11.2. The maximum atomic E-state index is 2.37. The van der Waals surface area contributed by atoms with E-state index in [9.17, 15) is 0 Å². The van der Waals surface area contributed by atoms with Crippen LogP contribution >= 0.6 is 11.3 Å². The van der Waals surface area contributed by atoms with Crippen molar-refractivity contribution in [2.75, 3.05) is 0 Å². The predicted octanol–water partition coefficient (Wildman–Crippen LogP) is 14.2. The molecule has 0 nitrogen and oxygen atoms in total. The van der Waals surface area contributed by atoms with Crippen LogP contribution in [0, 0.1) is 0 Å². The molecule has 0 saturated carbocycles. The molecule has 0 atom stereocenters. The first-order valence-corrected chi connectivity index (χ1v) is 17.7. The van der Waals surface area contributed by atoms with Gasteiger partial charge in [-0.25, -0.2) is 0 Å². The standard InChI is InChI=1S/C48H30S/c1-2-11-31(12-3-1)35-26-23-33-13-10-19-42(43(33)29-35)48-40-17-6-4-15-38(40)47(39-16-5-7-18-41(39)48)34-24-21-32(22-25-34)36-27-28-46-44(30-36)37-14-8-9-20-45(37)49-46/h1-30H.